The molecular weight excluding hydrogens is 604 g/mol. The van der Waals surface area contributed by atoms with Gasteiger partial charge in [-0.15, -0.1) is 0 Å². The van der Waals surface area contributed by atoms with Crippen molar-refractivity contribution in [1.29, 1.82) is 0 Å². The number of ether oxygens (including phenoxy) is 3. The molecule has 0 saturated carbocycles. The van der Waals surface area contributed by atoms with Crippen LogP contribution in [0.2, 0.25) is 0 Å². The van der Waals surface area contributed by atoms with Crippen LogP contribution in [-0.2, 0) is 19.1 Å². The third kappa shape index (κ3) is 11.2. The van der Waals surface area contributed by atoms with Crippen molar-refractivity contribution in [3.05, 3.63) is 42.1 Å². The first-order chi connectivity index (χ1) is 22.5. The maximum atomic E-state index is 13.8. The topological polar surface area (TPSA) is 152 Å². The summed E-state index contributed by atoms with van der Waals surface area (Å²) >= 11 is 0. The van der Waals surface area contributed by atoms with Crippen LogP contribution < -0.4 is 15.4 Å². The van der Waals surface area contributed by atoms with Gasteiger partial charge in [-0.1, -0.05) is 43.7 Å². The first-order valence-corrected chi connectivity index (χ1v) is 16.6. The molecule has 2 aromatic rings. The molecule has 0 bridgehead atoms. The van der Waals surface area contributed by atoms with E-state index in [2.05, 4.69) is 20.6 Å². The number of unbranched alkanes of at least 4 members (excludes halogenated alkanes) is 1. The maximum Gasteiger partial charge on any atom is 0.409 e. The Bertz CT molecular complexity index is 1350. The Balaban J connectivity index is 1.51. The van der Waals surface area contributed by atoms with Gasteiger partial charge in [0.1, 0.15) is 23.4 Å². The molecule has 0 aliphatic carbocycles. The highest BCUT2D eigenvalue weighted by Crippen LogP contribution is 2.22. The second-order valence-electron chi connectivity index (χ2n) is 12.8. The summed E-state index contributed by atoms with van der Waals surface area (Å²) in [4.78, 5) is 65.0. The van der Waals surface area contributed by atoms with Crippen molar-refractivity contribution in [3.63, 3.8) is 0 Å². The maximum absolute atomic E-state index is 13.8. The van der Waals surface area contributed by atoms with Crippen molar-refractivity contribution < 1.29 is 33.4 Å². The van der Waals surface area contributed by atoms with E-state index in [1.807, 2.05) is 37.3 Å². The normalized spacial score (nSPS) is 16.3. The van der Waals surface area contributed by atoms with Crippen molar-refractivity contribution in [2.75, 3.05) is 45.9 Å². The minimum Gasteiger partial charge on any atom is -0.474 e. The van der Waals surface area contributed by atoms with Crippen molar-refractivity contribution >= 4 is 23.9 Å². The first-order valence-electron chi connectivity index (χ1n) is 16.6. The lowest BCUT2D eigenvalue weighted by atomic mass is 10.1. The number of nitrogens with one attached hydrogen (secondary N) is 2. The fraction of sp³-hybridized carbons (Fsp3) is 0.588. The van der Waals surface area contributed by atoms with Crippen LogP contribution in [-0.4, -0.2) is 107 Å². The molecule has 2 aliphatic heterocycles. The average Bonchev–Trinajstić information content (AvgIpc) is 3.06. The number of carbonyl (C=O) groups is 4. The summed E-state index contributed by atoms with van der Waals surface area (Å²) in [5, 5.41) is 6.13. The highest BCUT2D eigenvalue weighted by atomic mass is 16.6. The van der Waals surface area contributed by atoms with Crippen molar-refractivity contribution in [1.82, 2.24) is 30.4 Å². The lowest BCUT2D eigenvalue weighted by molar-refractivity contribution is -0.155. The molecule has 1 aromatic carbocycles. The fourth-order valence-corrected chi connectivity index (χ4v) is 5.27. The van der Waals surface area contributed by atoms with Crippen LogP contribution in [0.25, 0.3) is 11.4 Å². The monoisotopic (exact) mass is 652 g/mol. The molecule has 3 amide bonds. The lowest BCUT2D eigenvalue weighted by Gasteiger charge is -2.36. The van der Waals surface area contributed by atoms with Crippen LogP contribution >= 0.6 is 0 Å². The number of amides is 3. The van der Waals surface area contributed by atoms with E-state index < -0.39 is 29.6 Å². The Morgan fingerprint density at radius 2 is 1.68 bits per heavy atom. The van der Waals surface area contributed by atoms with Crippen LogP contribution in [0.15, 0.2) is 36.4 Å². The van der Waals surface area contributed by atoms with E-state index in [1.165, 1.54) is 6.07 Å². The van der Waals surface area contributed by atoms with Gasteiger partial charge in [0.25, 0.3) is 5.91 Å². The quantitative estimate of drug-likeness (QED) is 0.257. The number of piperazine rings is 1. The van der Waals surface area contributed by atoms with Crippen LogP contribution in [0.5, 0.6) is 5.88 Å². The van der Waals surface area contributed by atoms with Gasteiger partial charge in [-0.2, -0.15) is 4.98 Å². The smallest absolute Gasteiger partial charge is 0.409 e. The van der Waals surface area contributed by atoms with Crippen LogP contribution in [0, 0.1) is 0 Å². The predicted octanol–water partition coefficient (Wildman–Crippen LogP) is 3.58. The van der Waals surface area contributed by atoms with E-state index in [1.54, 1.807) is 30.6 Å². The number of rotatable bonds is 12. The Morgan fingerprint density at radius 1 is 1.00 bits per heavy atom. The summed E-state index contributed by atoms with van der Waals surface area (Å²) in [6, 6.07) is 9.73. The molecule has 1 aromatic heterocycles. The third-order valence-corrected chi connectivity index (χ3v) is 7.77. The molecule has 3 heterocycles. The molecule has 13 nitrogen and oxygen atoms in total. The summed E-state index contributed by atoms with van der Waals surface area (Å²) in [5.41, 5.74) is 0.0556. The average molecular weight is 653 g/mol. The van der Waals surface area contributed by atoms with E-state index in [0.717, 1.165) is 38.8 Å². The zero-order valence-electron chi connectivity index (χ0n) is 28.0. The van der Waals surface area contributed by atoms with Gasteiger partial charge in [-0.05, 0) is 59.5 Å². The number of carbonyl (C=O) groups excluding carboxylic acids is 4. The van der Waals surface area contributed by atoms with E-state index in [9.17, 15) is 19.2 Å². The molecule has 256 valence electrons. The lowest BCUT2D eigenvalue weighted by Crippen LogP contribution is -2.56. The number of piperidine rings is 1. The van der Waals surface area contributed by atoms with Crippen LogP contribution in [0.3, 0.4) is 0 Å². The van der Waals surface area contributed by atoms with Crippen LogP contribution in [0.4, 0.5) is 4.79 Å². The van der Waals surface area contributed by atoms with Gasteiger partial charge in [0, 0.05) is 44.2 Å². The Labute approximate surface area is 276 Å². The second-order valence-corrected chi connectivity index (χ2v) is 12.8. The van der Waals surface area contributed by atoms with Crippen molar-refractivity contribution in [2.24, 2.45) is 0 Å². The van der Waals surface area contributed by atoms with Gasteiger partial charge in [-0.25, -0.2) is 9.78 Å². The Hall–Kier alpha value is -4.26. The Kier molecular flexibility index (Phi) is 12.9. The van der Waals surface area contributed by atoms with Gasteiger partial charge in [-0.3, -0.25) is 14.4 Å². The summed E-state index contributed by atoms with van der Waals surface area (Å²) in [6.45, 7) is 10.5. The summed E-state index contributed by atoms with van der Waals surface area (Å²) in [7, 11) is 0. The number of esters is 1. The van der Waals surface area contributed by atoms with E-state index in [0.29, 0.717) is 31.1 Å². The van der Waals surface area contributed by atoms with Gasteiger partial charge in [0.2, 0.25) is 11.8 Å². The van der Waals surface area contributed by atoms with Gasteiger partial charge in [0.05, 0.1) is 6.61 Å². The fourth-order valence-electron chi connectivity index (χ4n) is 5.27. The zero-order chi connectivity index (χ0) is 33.8. The second kappa shape index (κ2) is 17.1. The zero-order valence-corrected chi connectivity index (χ0v) is 28.0. The van der Waals surface area contributed by atoms with Gasteiger partial charge in [0.15, 0.2) is 5.82 Å². The molecule has 4 rings (SSSR count). The molecule has 2 fully saturated rings. The minimum atomic E-state index is -1.04. The number of hydrogen-bond acceptors (Lipinski definition) is 10. The third-order valence-electron chi connectivity index (χ3n) is 7.77. The summed E-state index contributed by atoms with van der Waals surface area (Å²) in [5.74, 6) is -0.838. The van der Waals surface area contributed by atoms with Gasteiger partial charge >= 0.3 is 12.1 Å². The molecular formula is C34H48N6O7. The molecule has 1 atom stereocenters. The van der Waals surface area contributed by atoms with Gasteiger partial charge < -0.3 is 34.6 Å². The molecule has 0 unspecified atom stereocenters. The standard InChI is InChI=1S/C34H48N6O7/c1-5-6-22-45-33(44)40-20-18-39(19-21-40)32(43)26(12-13-29(41)47-34(2,3)4)37-31(42)27-23-28(46-25-14-16-35-17-15-25)38-30(36-27)24-10-8-7-9-11-24/h7-11,23,25-26,35H,5-6,12-22H2,1-4H3,(H,37,42)/t26-/m0/s1. The highest BCUT2D eigenvalue weighted by molar-refractivity contribution is 5.96. The number of benzene rings is 1. The van der Waals surface area contributed by atoms with E-state index in [-0.39, 0.29) is 49.5 Å². The number of nitrogens with zero attached hydrogens (tertiary/aromatic N) is 4. The highest BCUT2D eigenvalue weighted by Gasteiger charge is 2.32. The molecule has 2 saturated heterocycles. The summed E-state index contributed by atoms with van der Waals surface area (Å²) < 4.78 is 17.0. The van der Waals surface area contributed by atoms with E-state index in [4.69, 9.17) is 14.2 Å². The molecule has 13 heteroatoms. The minimum absolute atomic E-state index is 0.0216. The largest absolute Gasteiger partial charge is 0.474 e. The number of hydrogen-bond donors (Lipinski definition) is 2. The summed E-state index contributed by atoms with van der Waals surface area (Å²) in [6.07, 6.45) is 2.79. The van der Waals surface area contributed by atoms with Crippen molar-refractivity contribution in [2.45, 2.75) is 84.0 Å². The molecule has 0 radical (unpaired) electrons. The molecule has 2 aliphatic rings. The Morgan fingerprint density at radius 3 is 2.34 bits per heavy atom. The molecule has 2 N–H and O–H groups in total. The molecule has 0 spiro atoms. The molecule has 47 heavy (non-hydrogen) atoms. The first kappa shape index (κ1) is 35.6. The van der Waals surface area contributed by atoms with E-state index >= 15 is 0 Å². The number of aromatic nitrogens is 2. The predicted molar refractivity (Wildman–Crippen MR) is 175 cm³/mol. The van der Waals surface area contributed by atoms with Crippen LogP contribution in [0.1, 0.15) is 76.7 Å². The SMILES string of the molecule is CCCCOC(=O)N1CCN(C(=O)[C@H](CCC(=O)OC(C)(C)C)NC(=O)c2cc(OC3CCNCC3)nc(-c3ccccc3)n2)CC1. The van der Waals surface area contributed by atoms with Crippen molar-refractivity contribution in [3.8, 4) is 17.3 Å².